The predicted octanol–water partition coefficient (Wildman–Crippen LogP) is 10.7. The van der Waals surface area contributed by atoms with E-state index >= 15 is 8.42 Å². The SMILES string of the molecule is Cc1cc(-c2c(CC3c4ccc5c(c4-c4cc(C)c6ccccc6[n+]43)S(=O)(=O)c3ccccc3-5)ccc3c2S(=O)(=O)c2ccccc2-3)[n+](CC[n+]2ccccc2-c2cc(C(F)(F)F)nn2C)c2ccccc12. The molecule has 10 aromatic rings. The summed E-state index contributed by atoms with van der Waals surface area (Å²) in [4.78, 5) is 0.960. The van der Waals surface area contributed by atoms with Crippen LogP contribution in [0.4, 0.5) is 13.2 Å². The van der Waals surface area contributed by atoms with Crippen molar-refractivity contribution in [2.75, 3.05) is 0 Å². The third-order valence-electron chi connectivity index (χ3n) is 14.9. The van der Waals surface area contributed by atoms with Crippen LogP contribution in [0.1, 0.15) is 34.0 Å². The second-order valence-corrected chi connectivity index (χ2v) is 22.6. The summed E-state index contributed by atoms with van der Waals surface area (Å²) in [7, 11) is -6.58. The molecule has 0 bridgehead atoms. The van der Waals surface area contributed by atoms with Crippen molar-refractivity contribution in [2.45, 2.75) is 65.2 Å². The van der Waals surface area contributed by atoms with Gasteiger partial charge in [0.2, 0.25) is 60.9 Å². The van der Waals surface area contributed by atoms with Crippen LogP contribution in [0.5, 0.6) is 0 Å². The number of fused-ring (bicyclic) bond motifs is 13. The molecule has 0 spiro atoms. The van der Waals surface area contributed by atoms with Gasteiger partial charge in [-0.3, -0.25) is 4.68 Å². The minimum Gasteiger partial charge on any atom is -0.261 e. The second-order valence-electron chi connectivity index (χ2n) is 18.9. The van der Waals surface area contributed by atoms with Gasteiger partial charge in [-0.15, -0.1) is 0 Å². The number of nitrogens with zero attached hydrogens (tertiary/aromatic N) is 5. The molecule has 0 amide bonds. The molecule has 13 rings (SSSR count). The maximum Gasteiger partial charge on any atom is 0.435 e. The van der Waals surface area contributed by atoms with E-state index in [9.17, 15) is 21.6 Å². The lowest BCUT2D eigenvalue weighted by Crippen LogP contribution is -2.47. The Kier molecular flexibility index (Phi) is 9.56. The lowest BCUT2D eigenvalue weighted by Gasteiger charge is -2.18. The molecule has 72 heavy (non-hydrogen) atoms. The fourth-order valence-electron chi connectivity index (χ4n) is 11.8. The van der Waals surface area contributed by atoms with Crippen LogP contribution >= 0.6 is 0 Å². The fraction of sp³-hybridized carbons (Fsp3) is 0.138. The fourth-order valence-corrected chi connectivity index (χ4v) is 15.6. The predicted molar refractivity (Wildman–Crippen MR) is 266 cm³/mol. The Bertz CT molecular complexity index is 4280. The van der Waals surface area contributed by atoms with Crippen LogP contribution in [-0.4, -0.2) is 26.6 Å². The standard InChI is InChI=1S/C58H43F3N5O4S2/c1-34-30-49(65(44-18-8-4-14-37(34)44)29-28-64-27-13-12-20-46(64)48-33-53(58(59,60)61)62-63(48)3)54-36(23-24-41-39-16-6-10-21-51(39)71(67,68)56(41)54)32-47-43-26-25-42-40-17-7-11-22-52(40)72(69,70)57(42)55(43)50-31-35(2)38-15-5-9-19-45(38)66(47)50/h4-27,30-31,33,47H,28-29,32H2,1-3H3/q+3. The van der Waals surface area contributed by atoms with E-state index in [0.717, 1.165) is 55.8 Å². The van der Waals surface area contributed by atoms with Gasteiger partial charge in [0.05, 0.1) is 30.7 Å². The van der Waals surface area contributed by atoms with Crippen LogP contribution in [0, 0.1) is 13.8 Å². The molecule has 4 aromatic heterocycles. The summed E-state index contributed by atoms with van der Waals surface area (Å²) in [6, 6.07) is 48.2. The third kappa shape index (κ3) is 6.30. The quantitative estimate of drug-likeness (QED) is 0.148. The highest BCUT2D eigenvalue weighted by Gasteiger charge is 2.48. The number of para-hydroxylation sites is 2. The Hall–Kier alpha value is -7.81. The van der Waals surface area contributed by atoms with Gasteiger partial charge >= 0.3 is 6.18 Å². The van der Waals surface area contributed by atoms with Gasteiger partial charge in [-0.1, -0.05) is 84.9 Å². The van der Waals surface area contributed by atoms with Crippen molar-refractivity contribution >= 4 is 41.5 Å². The molecule has 0 saturated heterocycles. The number of hydrogen-bond donors (Lipinski definition) is 0. The second kappa shape index (κ2) is 15.6. The van der Waals surface area contributed by atoms with E-state index in [-0.39, 0.29) is 44.8 Å². The maximum absolute atomic E-state index is 15.3. The number of aryl methyl sites for hydroxylation is 5. The highest BCUT2D eigenvalue weighted by atomic mass is 32.2. The van der Waals surface area contributed by atoms with Crippen molar-refractivity contribution in [1.82, 2.24) is 9.78 Å². The van der Waals surface area contributed by atoms with Crippen LogP contribution in [0.15, 0.2) is 184 Å². The first kappa shape index (κ1) is 44.2. The molecule has 3 aliphatic heterocycles. The van der Waals surface area contributed by atoms with Gasteiger partial charge in [-0.25, -0.2) is 16.8 Å². The third-order valence-corrected chi connectivity index (χ3v) is 18.7. The zero-order chi connectivity index (χ0) is 49.6. The molecule has 14 heteroatoms. The maximum atomic E-state index is 15.3. The number of pyridine rings is 3. The van der Waals surface area contributed by atoms with Gasteiger partial charge in [0, 0.05) is 94.5 Å². The summed E-state index contributed by atoms with van der Waals surface area (Å²) in [5, 5.41) is 5.77. The largest absolute Gasteiger partial charge is 0.435 e. The number of aromatic nitrogens is 5. The van der Waals surface area contributed by atoms with E-state index in [1.165, 1.54) is 11.7 Å². The van der Waals surface area contributed by atoms with E-state index in [0.29, 0.717) is 44.8 Å². The molecule has 9 nitrogen and oxygen atoms in total. The van der Waals surface area contributed by atoms with Crippen LogP contribution in [0.3, 0.4) is 0 Å². The normalized spacial score (nSPS) is 15.6. The molecule has 0 fully saturated rings. The number of benzene rings is 6. The Balaban J connectivity index is 1.05. The van der Waals surface area contributed by atoms with Crippen molar-refractivity contribution < 1.29 is 43.7 Å². The van der Waals surface area contributed by atoms with Crippen molar-refractivity contribution in [2.24, 2.45) is 7.05 Å². The Morgan fingerprint density at radius 1 is 0.583 bits per heavy atom. The van der Waals surface area contributed by atoms with Gasteiger partial charge in [0.25, 0.3) is 0 Å². The Morgan fingerprint density at radius 2 is 1.15 bits per heavy atom. The van der Waals surface area contributed by atoms with E-state index in [2.05, 4.69) is 32.4 Å². The zero-order valence-electron chi connectivity index (χ0n) is 39.1. The van der Waals surface area contributed by atoms with Crippen molar-refractivity contribution in [3.63, 3.8) is 0 Å². The summed E-state index contributed by atoms with van der Waals surface area (Å²) in [6.45, 7) is 4.63. The van der Waals surface area contributed by atoms with E-state index in [1.807, 2.05) is 122 Å². The smallest absolute Gasteiger partial charge is 0.261 e. The van der Waals surface area contributed by atoms with Gasteiger partial charge in [0.15, 0.2) is 17.9 Å². The van der Waals surface area contributed by atoms with E-state index < -0.39 is 37.6 Å². The molecular weight excluding hydrogens is 952 g/mol. The first-order chi connectivity index (χ1) is 34.6. The van der Waals surface area contributed by atoms with Crippen molar-refractivity contribution in [3.05, 3.63) is 192 Å². The van der Waals surface area contributed by atoms with Crippen LogP contribution in [0.25, 0.3) is 78.0 Å². The number of rotatable bonds is 7. The monoisotopic (exact) mass is 994 g/mol. The Labute approximate surface area is 413 Å². The molecule has 0 aliphatic carbocycles. The van der Waals surface area contributed by atoms with Gasteiger partial charge in [-0.05, 0) is 60.9 Å². The van der Waals surface area contributed by atoms with Gasteiger partial charge < -0.3 is 0 Å². The van der Waals surface area contributed by atoms with Crippen molar-refractivity contribution in [3.8, 4) is 56.2 Å². The molecule has 1 unspecified atom stereocenters. The molecule has 7 heterocycles. The first-order valence-electron chi connectivity index (χ1n) is 23.6. The summed E-state index contributed by atoms with van der Waals surface area (Å²) in [6.07, 6.45) is -2.53. The zero-order valence-corrected chi connectivity index (χ0v) is 40.7. The topological polar surface area (TPSA) is 97.7 Å². The van der Waals surface area contributed by atoms with Crippen molar-refractivity contribution in [1.29, 1.82) is 0 Å². The lowest BCUT2D eigenvalue weighted by molar-refractivity contribution is -0.757. The highest BCUT2D eigenvalue weighted by Crippen LogP contribution is 2.53. The number of alkyl halides is 3. The molecule has 0 N–H and O–H groups in total. The summed E-state index contributed by atoms with van der Waals surface area (Å²) in [5.41, 5.74) is 10.2. The minimum absolute atomic E-state index is 0.191. The summed E-state index contributed by atoms with van der Waals surface area (Å²) in [5.74, 6) is 0. The van der Waals surface area contributed by atoms with E-state index in [4.69, 9.17) is 0 Å². The van der Waals surface area contributed by atoms with Crippen LogP contribution in [-0.2, 0) is 52.4 Å². The van der Waals surface area contributed by atoms with Gasteiger partial charge in [-0.2, -0.15) is 32.0 Å². The summed E-state index contributed by atoms with van der Waals surface area (Å²) < 4.78 is 110. The van der Waals surface area contributed by atoms with Gasteiger partial charge in [0.1, 0.15) is 5.69 Å². The summed E-state index contributed by atoms with van der Waals surface area (Å²) >= 11 is 0. The molecule has 354 valence electrons. The number of sulfone groups is 2. The molecule has 0 saturated carbocycles. The average Bonchev–Trinajstić information content (AvgIpc) is 4.06. The average molecular weight is 995 g/mol. The first-order valence-corrected chi connectivity index (χ1v) is 26.6. The number of halogens is 3. The minimum atomic E-state index is -4.63. The van der Waals surface area contributed by atoms with E-state index in [1.54, 1.807) is 36.4 Å². The van der Waals surface area contributed by atoms with Crippen LogP contribution < -0.4 is 13.7 Å². The molecule has 6 aromatic carbocycles. The highest BCUT2D eigenvalue weighted by molar-refractivity contribution is 7.92. The molecule has 3 aliphatic rings. The molecular formula is C58H43F3N5O4S2+3. The molecule has 0 radical (unpaired) electrons. The Morgan fingerprint density at radius 3 is 1.82 bits per heavy atom. The number of hydrogen-bond acceptors (Lipinski definition) is 5. The molecule has 1 atom stereocenters. The van der Waals surface area contributed by atoms with Crippen LogP contribution in [0.2, 0.25) is 0 Å². The lowest BCUT2D eigenvalue weighted by atomic mass is 9.89.